The maximum absolute atomic E-state index is 11.5. The molecule has 3 aromatic rings. The van der Waals surface area contributed by atoms with Gasteiger partial charge >= 0.3 is 5.97 Å². The molecule has 0 spiro atoms. The van der Waals surface area contributed by atoms with Gasteiger partial charge in [-0.05, 0) is 31.0 Å². The summed E-state index contributed by atoms with van der Waals surface area (Å²) in [6, 6.07) is 15.2. The normalized spacial score (nSPS) is 17.2. The highest BCUT2D eigenvalue weighted by Crippen LogP contribution is 2.32. The lowest BCUT2D eigenvalue weighted by Gasteiger charge is -2.22. The molecule has 1 aliphatic heterocycles. The number of fused-ring (bicyclic) bond motifs is 1. The number of carboxylic acid groups (broad SMARTS) is 1. The van der Waals surface area contributed by atoms with Crippen molar-refractivity contribution in [2.24, 2.45) is 0 Å². The molecule has 1 fully saturated rings. The molecule has 2 heterocycles. The largest absolute Gasteiger partial charge is 0.480 e. The Morgan fingerprint density at radius 3 is 2.72 bits per heavy atom. The Bertz CT molecular complexity index is 946. The van der Waals surface area contributed by atoms with Crippen LogP contribution in [0.5, 0.6) is 0 Å². The zero-order chi connectivity index (χ0) is 17.4. The highest BCUT2D eigenvalue weighted by atomic mass is 79.9. The van der Waals surface area contributed by atoms with E-state index in [0.717, 1.165) is 33.1 Å². The Morgan fingerprint density at radius 2 is 1.96 bits per heavy atom. The van der Waals surface area contributed by atoms with Gasteiger partial charge in [-0.15, -0.1) is 0 Å². The first-order valence-corrected chi connectivity index (χ1v) is 8.95. The fourth-order valence-electron chi connectivity index (χ4n) is 3.30. The second-order valence-corrected chi connectivity index (χ2v) is 7.01. The molecule has 0 amide bonds. The summed E-state index contributed by atoms with van der Waals surface area (Å²) in [6.07, 6.45) is 1.46. The van der Waals surface area contributed by atoms with E-state index in [4.69, 9.17) is 4.98 Å². The van der Waals surface area contributed by atoms with Crippen LogP contribution in [-0.2, 0) is 4.79 Å². The van der Waals surface area contributed by atoms with Gasteiger partial charge in [-0.1, -0.05) is 46.3 Å². The van der Waals surface area contributed by atoms with Crippen LogP contribution in [0.15, 0.2) is 53.0 Å². The number of hydrogen-bond acceptors (Lipinski definition) is 4. The van der Waals surface area contributed by atoms with Crippen molar-refractivity contribution >= 4 is 38.8 Å². The van der Waals surface area contributed by atoms with Crippen LogP contribution in [0.4, 0.5) is 5.95 Å². The quantitative estimate of drug-likeness (QED) is 0.719. The van der Waals surface area contributed by atoms with Crippen molar-refractivity contribution in [1.29, 1.82) is 0 Å². The fraction of sp³-hybridized carbons (Fsp3) is 0.211. The Hall–Kier alpha value is -2.47. The topological polar surface area (TPSA) is 66.3 Å². The van der Waals surface area contributed by atoms with Gasteiger partial charge in [-0.25, -0.2) is 14.8 Å². The van der Waals surface area contributed by atoms with Gasteiger partial charge in [0.15, 0.2) is 0 Å². The van der Waals surface area contributed by atoms with Crippen LogP contribution in [0.25, 0.3) is 22.2 Å². The number of anilines is 1. The number of halogens is 1. The summed E-state index contributed by atoms with van der Waals surface area (Å²) in [5, 5.41) is 10.4. The lowest BCUT2D eigenvalue weighted by Crippen LogP contribution is -2.37. The van der Waals surface area contributed by atoms with Crippen LogP contribution in [0.2, 0.25) is 0 Å². The first-order chi connectivity index (χ1) is 12.1. The van der Waals surface area contributed by atoms with Crippen LogP contribution in [0.1, 0.15) is 12.8 Å². The van der Waals surface area contributed by atoms with Crippen LogP contribution < -0.4 is 4.90 Å². The second-order valence-electron chi connectivity index (χ2n) is 6.09. The van der Waals surface area contributed by atoms with E-state index >= 15 is 0 Å². The zero-order valence-corrected chi connectivity index (χ0v) is 15.0. The number of hydrogen-bond donors (Lipinski definition) is 1. The maximum Gasteiger partial charge on any atom is 0.326 e. The summed E-state index contributed by atoms with van der Waals surface area (Å²) in [5.74, 6) is -0.336. The van der Waals surface area contributed by atoms with Crippen molar-refractivity contribution in [3.8, 4) is 11.3 Å². The number of benzene rings is 2. The highest BCUT2D eigenvalue weighted by molar-refractivity contribution is 9.10. The van der Waals surface area contributed by atoms with E-state index in [-0.39, 0.29) is 0 Å². The van der Waals surface area contributed by atoms with Crippen LogP contribution in [0.3, 0.4) is 0 Å². The molecule has 0 bridgehead atoms. The summed E-state index contributed by atoms with van der Waals surface area (Å²) in [6.45, 7) is 0.660. The molecule has 4 rings (SSSR count). The molecule has 6 heteroatoms. The number of carbonyl (C=O) groups is 1. The third kappa shape index (κ3) is 2.98. The average Bonchev–Trinajstić information content (AvgIpc) is 3.12. The molecule has 1 aliphatic rings. The molecule has 5 nitrogen and oxygen atoms in total. The number of carboxylic acids is 1. The highest BCUT2D eigenvalue weighted by Gasteiger charge is 2.32. The monoisotopic (exact) mass is 397 g/mol. The van der Waals surface area contributed by atoms with Gasteiger partial charge < -0.3 is 10.0 Å². The minimum absolute atomic E-state index is 0.485. The third-order valence-corrected chi connectivity index (χ3v) is 4.98. The van der Waals surface area contributed by atoms with Gasteiger partial charge in [0, 0.05) is 22.0 Å². The smallest absolute Gasteiger partial charge is 0.326 e. The minimum atomic E-state index is -0.821. The molecule has 1 saturated heterocycles. The zero-order valence-electron chi connectivity index (χ0n) is 13.4. The Morgan fingerprint density at radius 1 is 1.16 bits per heavy atom. The average molecular weight is 398 g/mol. The number of aromatic nitrogens is 2. The van der Waals surface area contributed by atoms with Gasteiger partial charge in [0.1, 0.15) is 6.04 Å². The molecular formula is C19H16BrN3O2. The first kappa shape index (κ1) is 16.0. The maximum atomic E-state index is 11.5. The number of nitrogens with zero attached hydrogens (tertiary/aromatic N) is 3. The second kappa shape index (κ2) is 6.44. The standard InChI is InChI=1S/C19H16BrN3O2/c20-13-8-9-15-14(11-13)17(12-5-2-1-3-6-12)22-19(21-15)23-10-4-7-16(23)18(24)25/h1-3,5-6,8-9,11,16H,4,7,10H2,(H,24,25)/t16-/m0/s1. The molecule has 2 aromatic carbocycles. The fourth-order valence-corrected chi connectivity index (χ4v) is 3.66. The Kier molecular flexibility index (Phi) is 4.13. The third-order valence-electron chi connectivity index (χ3n) is 4.49. The molecule has 1 N–H and O–H groups in total. The lowest BCUT2D eigenvalue weighted by atomic mass is 10.1. The van der Waals surface area contributed by atoms with Crippen molar-refractivity contribution in [1.82, 2.24) is 9.97 Å². The first-order valence-electron chi connectivity index (χ1n) is 8.15. The molecule has 0 saturated carbocycles. The van der Waals surface area contributed by atoms with Crippen LogP contribution in [0, 0.1) is 0 Å². The van der Waals surface area contributed by atoms with Crippen molar-refractivity contribution in [3.05, 3.63) is 53.0 Å². The molecule has 25 heavy (non-hydrogen) atoms. The molecule has 0 radical (unpaired) electrons. The SMILES string of the molecule is O=C(O)[C@@H]1CCCN1c1nc(-c2ccccc2)c2cc(Br)ccc2n1. The lowest BCUT2D eigenvalue weighted by molar-refractivity contribution is -0.138. The van der Waals surface area contributed by atoms with Gasteiger partial charge in [0.05, 0.1) is 11.2 Å². The summed E-state index contributed by atoms with van der Waals surface area (Å²) >= 11 is 3.51. The molecule has 0 aliphatic carbocycles. The van der Waals surface area contributed by atoms with E-state index in [9.17, 15) is 9.90 Å². The predicted octanol–water partition coefficient (Wildman–Crippen LogP) is 4.11. The van der Waals surface area contributed by atoms with Crippen LogP contribution >= 0.6 is 15.9 Å². The van der Waals surface area contributed by atoms with Crippen molar-refractivity contribution in [3.63, 3.8) is 0 Å². The molecular weight excluding hydrogens is 382 g/mol. The molecule has 126 valence electrons. The van der Waals surface area contributed by atoms with Gasteiger partial charge in [-0.3, -0.25) is 0 Å². The summed E-state index contributed by atoms with van der Waals surface area (Å²) in [5.41, 5.74) is 2.61. The summed E-state index contributed by atoms with van der Waals surface area (Å²) in [7, 11) is 0. The Labute approximate surface area is 153 Å². The number of aliphatic carboxylic acids is 1. The van der Waals surface area contributed by atoms with Gasteiger partial charge in [-0.2, -0.15) is 0 Å². The van der Waals surface area contributed by atoms with Crippen LogP contribution in [-0.4, -0.2) is 33.6 Å². The van der Waals surface area contributed by atoms with Crippen molar-refractivity contribution in [2.45, 2.75) is 18.9 Å². The van der Waals surface area contributed by atoms with Crippen molar-refractivity contribution in [2.75, 3.05) is 11.4 Å². The van der Waals surface area contributed by atoms with Gasteiger partial charge in [0.25, 0.3) is 0 Å². The minimum Gasteiger partial charge on any atom is -0.480 e. The molecule has 1 aromatic heterocycles. The summed E-state index contributed by atoms with van der Waals surface area (Å²) in [4.78, 5) is 22.8. The van der Waals surface area contributed by atoms with E-state index in [0.29, 0.717) is 18.9 Å². The van der Waals surface area contributed by atoms with E-state index in [1.165, 1.54) is 0 Å². The predicted molar refractivity (Wildman–Crippen MR) is 101 cm³/mol. The van der Waals surface area contributed by atoms with E-state index < -0.39 is 12.0 Å². The summed E-state index contributed by atoms with van der Waals surface area (Å²) < 4.78 is 0.957. The molecule has 1 atom stereocenters. The van der Waals surface area contributed by atoms with Gasteiger partial charge in [0.2, 0.25) is 5.95 Å². The van der Waals surface area contributed by atoms with E-state index in [2.05, 4.69) is 20.9 Å². The van der Waals surface area contributed by atoms with E-state index in [1.807, 2.05) is 48.5 Å². The molecule has 0 unspecified atom stereocenters. The number of rotatable bonds is 3. The Balaban J connectivity index is 1.93. The van der Waals surface area contributed by atoms with Crippen molar-refractivity contribution < 1.29 is 9.90 Å². The van der Waals surface area contributed by atoms with E-state index in [1.54, 1.807) is 4.90 Å².